The molecule has 0 saturated heterocycles. The van der Waals surface area contributed by atoms with Gasteiger partial charge in [0.1, 0.15) is 6.61 Å². The standard InChI is InChI=1S/C36H43FN6O7/c1-18-23-27(50-42-18)29(43(6)7)35(38-5)15-20-14-21-25(26(45)24(20)31(47)36(35,48-8)30(23)46)28(49-17-19-12-10-9-11-13-19)33(41-32(21)37)40-22(44)16-39-34(2,3)4/h9-13,20,24,29,38-39H,14-17H2,1-8H3,(H,40,41,44). The average molecular weight is 691 g/mol. The number of fused-ring (bicyclic) bond motifs is 4. The maximum atomic E-state index is 16.2. The molecule has 1 saturated carbocycles. The molecule has 3 aliphatic rings. The topological polar surface area (TPSA) is 165 Å². The molecule has 3 aromatic rings. The number of aryl methyl sites for hydroxylation is 1. The van der Waals surface area contributed by atoms with Gasteiger partial charge in [0.05, 0.1) is 40.9 Å². The van der Waals surface area contributed by atoms with E-state index >= 15 is 9.18 Å². The molecule has 5 unspecified atom stereocenters. The first-order valence-corrected chi connectivity index (χ1v) is 16.6. The zero-order chi connectivity index (χ0) is 36.3. The van der Waals surface area contributed by atoms with Gasteiger partial charge >= 0.3 is 0 Å². The fourth-order valence-electron chi connectivity index (χ4n) is 8.10. The van der Waals surface area contributed by atoms with Crippen molar-refractivity contribution in [2.24, 2.45) is 11.8 Å². The van der Waals surface area contributed by atoms with Gasteiger partial charge in [0.15, 0.2) is 28.9 Å². The summed E-state index contributed by atoms with van der Waals surface area (Å²) in [5, 5.41) is 13.0. The van der Waals surface area contributed by atoms with E-state index in [0.717, 1.165) is 5.56 Å². The lowest BCUT2D eigenvalue weighted by Gasteiger charge is -2.60. The van der Waals surface area contributed by atoms with Crippen LogP contribution in [0.1, 0.15) is 76.5 Å². The summed E-state index contributed by atoms with van der Waals surface area (Å²) in [6.07, 6.45) is -0.0129. The van der Waals surface area contributed by atoms with E-state index < -0.39 is 63.8 Å². The summed E-state index contributed by atoms with van der Waals surface area (Å²) in [6, 6.07) is 8.37. The van der Waals surface area contributed by atoms with Gasteiger partial charge in [0.2, 0.25) is 23.2 Å². The van der Waals surface area contributed by atoms with Crippen LogP contribution in [0.3, 0.4) is 0 Å². The van der Waals surface area contributed by atoms with Crippen molar-refractivity contribution in [3.8, 4) is 5.75 Å². The molecule has 1 aromatic carbocycles. The Labute approximate surface area is 289 Å². The number of aromatic nitrogens is 2. The fraction of sp³-hybridized carbons (Fsp3) is 0.500. The molecule has 1 amide bonds. The van der Waals surface area contributed by atoms with Crippen molar-refractivity contribution in [2.45, 2.75) is 69.9 Å². The molecule has 0 spiro atoms. The quantitative estimate of drug-likeness (QED) is 0.222. The van der Waals surface area contributed by atoms with Gasteiger partial charge in [0, 0.05) is 18.2 Å². The first kappa shape index (κ1) is 35.5. The van der Waals surface area contributed by atoms with Crippen molar-refractivity contribution in [1.82, 2.24) is 25.7 Å². The number of halogens is 1. The number of ketones is 3. The number of carbonyl (C=O) groups excluding carboxylic acids is 4. The van der Waals surface area contributed by atoms with Crippen LogP contribution in [0, 0.1) is 24.7 Å². The monoisotopic (exact) mass is 690 g/mol. The number of anilines is 1. The second kappa shape index (κ2) is 12.7. The van der Waals surface area contributed by atoms with Crippen LogP contribution < -0.4 is 20.7 Å². The van der Waals surface area contributed by atoms with Gasteiger partial charge < -0.3 is 29.9 Å². The summed E-state index contributed by atoms with van der Waals surface area (Å²) in [5.41, 5.74) is -3.05. The van der Waals surface area contributed by atoms with Crippen molar-refractivity contribution in [2.75, 3.05) is 40.1 Å². The summed E-state index contributed by atoms with van der Waals surface area (Å²) in [6.45, 7) is 7.12. The van der Waals surface area contributed by atoms with Gasteiger partial charge in [-0.15, -0.1) is 0 Å². The minimum absolute atomic E-state index is 0.0335. The van der Waals surface area contributed by atoms with E-state index in [-0.39, 0.29) is 60.0 Å². The smallest absolute Gasteiger partial charge is 0.239 e. The Morgan fingerprint density at radius 3 is 2.46 bits per heavy atom. The normalized spacial score (nSPS) is 25.9. The molecule has 3 aliphatic carbocycles. The number of hydrogen-bond donors (Lipinski definition) is 3. The average Bonchev–Trinajstić information content (AvgIpc) is 3.44. The van der Waals surface area contributed by atoms with Crippen LogP contribution in [0.4, 0.5) is 10.2 Å². The molecular weight excluding hydrogens is 647 g/mol. The van der Waals surface area contributed by atoms with Crippen molar-refractivity contribution in [3.05, 3.63) is 70.0 Å². The number of Topliss-reactive ketones (excluding diaryl/α,β-unsaturated/α-hetero) is 3. The minimum Gasteiger partial charge on any atom is -0.484 e. The summed E-state index contributed by atoms with van der Waals surface area (Å²) in [4.78, 5) is 63.4. The fourth-order valence-corrected chi connectivity index (χ4v) is 8.10. The van der Waals surface area contributed by atoms with E-state index in [4.69, 9.17) is 14.0 Å². The van der Waals surface area contributed by atoms with Crippen LogP contribution in [0.5, 0.6) is 5.75 Å². The molecule has 50 heavy (non-hydrogen) atoms. The third-order valence-electron chi connectivity index (χ3n) is 10.2. The van der Waals surface area contributed by atoms with Gasteiger partial charge in [-0.3, -0.25) is 24.1 Å². The summed E-state index contributed by atoms with van der Waals surface area (Å²) < 4.78 is 34.1. The Balaban J connectivity index is 1.49. The van der Waals surface area contributed by atoms with Crippen LogP contribution in [-0.2, 0) is 27.4 Å². The third-order valence-corrected chi connectivity index (χ3v) is 10.2. The number of methoxy groups -OCH3 is 1. The van der Waals surface area contributed by atoms with Crippen molar-refractivity contribution < 1.29 is 37.6 Å². The van der Waals surface area contributed by atoms with Crippen molar-refractivity contribution in [3.63, 3.8) is 0 Å². The van der Waals surface area contributed by atoms with Crippen LogP contribution in [0.25, 0.3) is 0 Å². The van der Waals surface area contributed by atoms with E-state index in [1.807, 2.05) is 56.0 Å². The minimum atomic E-state index is -2.17. The summed E-state index contributed by atoms with van der Waals surface area (Å²) in [5.74, 6) is -5.98. The molecule has 1 fully saturated rings. The lowest BCUT2D eigenvalue weighted by atomic mass is 9.50. The number of benzene rings is 1. The molecule has 5 atom stereocenters. The molecule has 266 valence electrons. The Morgan fingerprint density at radius 1 is 1.14 bits per heavy atom. The van der Waals surface area contributed by atoms with Crippen LogP contribution in [0.15, 0.2) is 34.9 Å². The number of nitrogens with one attached hydrogen (secondary N) is 3. The van der Waals surface area contributed by atoms with Gasteiger partial charge in [-0.2, -0.15) is 9.37 Å². The first-order valence-electron chi connectivity index (χ1n) is 16.6. The molecular formula is C36H43FN6O7. The van der Waals surface area contributed by atoms with E-state index in [1.165, 1.54) is 7.11 Å². The van der Waals surface area contributed by atoms with Crippen LogP contribution in [-0.4, -0.2) is 89.8 Å². The zero-order valence-corrected chi connectivity index (χ0v) is 29.5. The number of nitrogens with zero attached hydrogens (tertiary/aromatic N) is 3. The van der Waals surface area contributed by atoms with Crippen LogP contribution in [0.2, 0.25) is 0 Å². The Kier molecular flexibility index (Phi) is 9.04. The van der Waals surface area contributed by atoms with Crippen molar-refractivity contribution >= 4 is 29.1 Å². The second-order valence-corrected chi connectivity index (χ2v) is 14.5. The lowest BCUT2D eigenvalue weighted by molar-refractivity contribution is -0.167. The largest absolute Gasteiger partial charge is 0.484 e. The molecule has 14 heteroatoms. The third kappa shape index (κ3) is 5.36. The van der Waals surface area contributed by atoms with Gasteiger partial charge in [0.25, 0.3) is 0 Å². The SMILES string of the molecule is CNC12CC3Cc4c(F)nc(NC(=O)CNC(C)(C)C)c(OCc5ccccc5)c4C(=O)C3C(=O)C1(OC)C(=O)c1c(C)noc1C2N(C)C. The number of rotatable bonds is 9. The number of pyridine rings is 1. The Morgan fingerprint density at radius 2 is 1.84 bits per heavy atom. The zero-order valence-electron chi connectivity index (χ0n) is 29.5. The maximum Gasteiger partial charge on any atom is 0.239 e. The summed E-state index contributed by atoms with van der Waals surface area (Å²) >= 11 is 0. The van der Waals surface area contributed by atoms with E-state index in [1.54, 1.807) is 28.1 Å². The number of amides is 1. The molecule has 2 aromatic heterocycles. The maximum absolute atomic E-state index is 16.2. The highest BCUT2D eigenvalue weighted by Crippen LogP contribution is 2.58. The molecule has 0 aliphatic heterocycles. The van der Waals surface area contributed by atoms with Gasteiger partial charge in [-0.1, -0.05) is 35.5 Å². The molecule has 3 N–H and O–H groups in total. The van der Waals surface area contributed by atoms with Gasteiger partial charge in [-0.25, -0.2) is 0 Å². The van der Waals surface area contributed by atoms with E-state index in [9.17, 15) is 14.4 Å². The number of ether oxygens (including phenoxy) is 2. The highest BCUT2D eigenvalue weighted by Gasteiger charge is 2.75. The molecule has 6 rings (SSSR count). The van der Waals surface area contributed by atoms with Crippen molar-refractivity contribution in [1.29, 1.82) is 0 Å². The number of hydrogen-bond acceptors (Lipinski definition) is 12. The predicted molar refractivity (Wildman–Crippen MR) is 180 cm³/mol. The first-order chi connectivity index (χ1) is 23.6. The van der Waals surface area contributed by atoms with Crippen LogP contribution >= 0.6 is 0 Å². The molecule has 2 heterocycles. The van der Waals surface area contributed by atoms with E-state index in [0.29, 0.717) is 5.69 Å². The molecule has 13 nitrogen and oxygen atoms in total. The van der Waals surface area contributed by atoms with Gasteiger partial charge in [-0.05, 0) is 73.2 Å². The Hall–Kier alpha value is -4.37. The summed E-state index contributed by atoms with van der Waals surface area (Å²) in [7, 11) is 6.47. The van der Waals surface area contributed by atoms with E-state index in [2.05, 4.69) is 26.1 Å². The highest BCUT2D eigenvalue weighted by atomic mass is 19.1. The predicted octanol–water partition coefficient (Wildman–Crippen LogP) is 3.21. The molecule has 0 bridgehead atoms. The lowest BCUT2D eigenvalue weighted by Crippen LogP contribution is -2.80. The Bertz CT molecular complexity index is 1870. The highest BCUT2D eigenvalue weighted by molar-refractivity contribution is 6.28. The molecule has 0 radical (unpaired) electrons. The number of carbonyl (C=O) groups is 4. The second-order valence-electron chi connectivity index (χ2n) is 14.5. The number of likely N-dealkylation sites (N-methyl/N-ethyl adjacent to an activating group) is 2.